The van der Waals surface area contributed by atoms with Gasteiger partial charge in [0.25, 0.3) is 0 Å². The van der Waals surface area contributed by atoms with Gasteiger partial charge in [0.15, 0.2) is 0 Å². The molecule has 1 atom stereocenters. The quantitative estimate of drug-likeness (QED) is 0.665. The highest BCUT2D eigenvalue weighted by Crippen LogP contribution is 2.16. The Labute approximate surface area is 114 Å². The summed E-state index contributed by atoms with van der Waals surface area (Å²) in [6.45, 7) is 6.44. The molecule has 110 valence electrons. The summed E-state index contributed by atoms with van der Waals surface area (Å²) in [5, 5.41) is 11.2. The predicted octanol–water partition coefficient (Wildman–Crippen LogP) is 0.324. The first kappa shape index (κ1) is 15.9. The Hall–Kier alpha value is -1.14. The SMILES string of the molecule is CC(C)C(CNC(=O)COCC(=O)O)N1CCCC1. The van der Waals surface area contributed by atoms with Crippen molar-refractivity contribution < 1.29 is 19.4 Å². The third-order valence-corrected chi connectivity index (χ3v) is 3.35. The molecule has 0 spiro atoms. The molecule has 1 saturated heterocycles. The molecule has 0 aliphatic carbocycles. The summed E-state index contributed by atoms with van der Waals surface area (Å²) in [7, 11) is 0. The van der Waals surface area contributed by atoms with Gasteiger partial charge in [0.1, 0.15) is 13.2 Å². The van der Waals surface area contributed by atoms with E-state index >= 15 is 0 Å². The van der Waals surface area contributed by atoms with Crippen LogP contribution in [0, 0.1) is 5.92 Å². The smallest absolute Gasteiger partial charge is 0.329 e. The van der Waals surface area contributed by atoms with Crippen LogP contribution >= 0.6 is 0 Å². The van der Waals surface area contributed by atoms with Crippen molar-refractivity contribution in [2.24, 2.45) is 5.92 Å². The summed E-state index contributed by atoms with van der Waals surface area (Å²) in [5.41, 5.74) is 0. The third kappa shape index (κ3) is 6.02. The number of nitrogens with zero attached hydrogens (tertiary/aromatic N) is 1. The van der Waals surface area contributed by atoms with Crippen molar-refractivity contribution in [1.82, 2.24) is 10.2 Å². The highest BCUT2D eigenvalue weighted by atomic mass is 16.5. The Morgan fingerprint density at radius 3 is 2.42 bits per heavy atom. The molecule has 2 N–H and O–H groups in total. The summed E-state index contributed by atoms with van der Waals surface area (Å²) in [4.78, 5) is 24.2. The van der Waals surface area contributed by atoms with Gasteiger partial charge < -0.3 is 15.2 Å². The maximum Gasteiger partial charge on any atom is 0.329 e. The van der Waals surface area contributed by atoms with E-state index in [9.17, 15) is 9.59 Å². The monoisotopic (exact) mass is 272 g/mol. The van der Waals surface area contributed by atoms with Crippen LogP contribution in [0.4, 0.5) is 0 Å². The molecular weight excluding hydrogens is 248 g/mol. The first-order valence-corrected chi connectivity index (χ1v) is 6.81. The average Bonchev–Trinajstić information content (AvgIpc) is 2.82. The Bertz CT molecular complexity index is 301. The van der Waals surface area contributed by atoms with Crippen LogP contribution in [0.15, 0.2) is 0 Å². The molecule has 0 bridgehead atoms. The fourth-order valence-corrected chi connectivity index (χ4v) is 2.36. The van der Waals surface area contributed by atoms with Crippen LogP contribution in [0.3, 0.4) is 0 Å². The number of carbonyl (C=O) groups excluding carboxylic acids is 1. The van der Waals surface area contributed by atoms with E-state index in [4.69, 9.17) is 9.84 Å². The standard InChI is InChI=1S/C13H24N2O4/c1-10(2)11(15-5-3-4-6-15)7-14-12(16)8-19-9-13(17)18/h10-11H,3-9H2,1-2H3,(H,14,16)(H,17,18). The molecule has 0 saturated carbocycles. The van der Waals surface area contributed by atoms with E-state index in [2.05, 4.69) is 24.1 Å². The molecule has 6 heteroatoms. The molecule has 1 rings (SSSR count). The Morgan fingerprint density at radius 2 is 1.89 bits per heavy atom. The van der Waals surface area contributed by atoms with Gasteiger partial charge >= 0.3 is 5.97 Å². The van der Waals surface area contributed by atoms with Gasteiger partial charge in [-0.3, -0.25) is 9.69 Å². The maximum absolute atomic E-state index is 11.5. The lowest BCUT2D eigenvalue weighted by Crippen LogP contribution is -2.46. The van der Waals surface area contributed by atoms with Crippen molar-refractivity contribution in [2.45, 2.75) is 32.7 Å². The molecule has 0 aromatic carbocycles. The van der Waals surface area contributed by atoms with Gasteiger partial charge in [-0.15, -0.1) is 0 Å². The molecule has 1 aliphatic heterocycles. The second-order valence-electron chi connectivity index (χ2n) is 5.25. The fraction of sp³-hybridized carbons (Fsp3) is 0.846. The molecule has 0 aromatic rings. The largest absolute Gasteiger partial charge is 0.480 e. The summed E-state index contributed by atoms with van der Waals surface area (Å²) in [6, 6.07) is 0.339. The number of likely N-dealkylation sites (tertiary alicyclic amines) is 1. The van der Waals surface area contributed by atoms with Crippen LogP contribution in [-0.4, -0.2) is 60.8 Å². The average molecular weight is 272 g/mol. The highest BCUT2D eigenvalue weighted by Gasteiger charge is 2.24. The molecule has 19 heavy (non-hydrogen) atoms. The van der Waals surface area contributed by atoms with Crippen LogP contribution in [0.1, 0.15) is 26.7 Å². The number of aliphatic carboxylic acids is 1. The lowest BCUT2D eigenvalue weighted by Gasteiger charge is -2.30. The summed E-state index contributed by atoms with van der Waals surface area (Å²) in [6.07, 6.45) is 2.44. The fourth-order valence-electron chi connectivity index (χ4n) is 2.36. The van der Waals surface area contributed by atoms with E-state index in [0.29, 0.717) is 18.5 Å². The predicted molar refractivity (Wildman–Crippen MR) is 70.9 cm³/mol. The van der Waals surface area contributed by atoms with Crippen molar-refractivity contribution in [1.29, 1.82) is 0 Å². The zero-order valence-corrected chi connectivity index (χ0v) is 11.7. The number of carboxylic acid groups (broad SMARTS) is 1. The third-order valence-electron chi connectivity index (χ3n) is 3.35. The first-order chi connectivity index (χ1) is 9.00. The van der Waals surface area contributed by atoms with E-state index < -0.39 is 12.6 Å². The second kappa shape index (κ2) is 8.12. The Balaban J connectivity index is 2.27. The minimum absolute atomic E-state index is 0.197. The number of hydrogen-bond donors (Lipinski definition) is 2. The van der Waals surface area contributed by atoms with Gasteiger partial charge in [0, 0.05) is 12.6 Å². The van der Waals surface area contributed by atoms with Crippen molar-refractivity contribution >= 4 is 11.9 Å². The van der Waals surface area contributed by atoms with Gasteiger partial charge in [-0.25, -0.2) is 4.79 Å². The minimum Gasteiger partial charge on any atom is -0.480 e. The van der Waals surface area contributed by atoms with Gasteiger partial charge in [-0.2, -0.15) is 0 Å². The molecule has 0 aromatic heterocycles. The van der Waals surface area contributed by atoms with Crippen molar-refractivity contribution in [3.05, 3.63) is 0 Å². The first-order valence-electron chi connectivity index (χ1n) is 6.81. The zero-order valence-electron chi connectivity index (χ0n) is 11.7. The molecule has 1 aliphatic rings. The Morgan fingerprint density at radius 1 is 1.26 bits per heavy atom. The minimum atomic E-state index is -1.06. The molecule has 6 nitrogen and oxygen atoms in total. The van der Waals surface area contributed by atoms with E-state index in [0.717, 1.165) is 13.1 Å². The van der Waals surface area contributed by atoms with Gasteiger partial charge in [0.05, 0.1) is 0 Å². The van der Waals surface area contributed by atoms with Crippen LogP contribution < -0.4 is 5.32 Å². The molecule has 1 heterocycles. The summed E-state index contributed by atoms with van der Waals surface area (Å²) < 4.78 is 4.75. The normalized spacial score (nSPS) is 17.6. The number of nitrogens with one attached hydrogen (secondary N) is 1. The van der Waals surface area contributed by atoms with E-state index in [1.807, 2.05) is 0 Å². The molecule has 1 unspecified atom stereocenters. The summed E-state index contributed by atoms with van der Waals surface area (Å²) >= 11 is 0. The van der Waals surface area contributed by atoms with Gasteiger partial charge in [-0.1, -0.05) is 13.8 Å². The molecule has 1 amide bonds. The van der Waals surface area contributed by atoms with Crippen molar-refractivity contribution in [3.63, 3.8) is 0 Å². The van der Waals surface area contributed by atoms with Crippen LogP contribution in [-0.2, 0) is 14.3 Å². The Kier molecular flexibility index (Phi) is 6.80. The molecule has 0 radical (unpaired) electrons. The maximum atomic E-state index is 11.5. The van der Waals surface area contributed by atoms with Crippen LogP contribution in [0.2, 0.25) is 0 Å². The summed E-state index contributed by atoms with van der Waals surface area (Å²) in [5.74, 6) is -0.852. The van der Waals surface area contributed by atoms with Gasteiger partial charge in [-0.05, 0) is 31.8 Å². The van der Waals surface area contributed by atoms with E-state index in [-0.39, 0.29) is 12.5 Å². The number of carbonyl (C=O) groups is 2. The highest BCUT2D eigenvalue weighted by molar-refractivity contribution is 5.77. The topological polar surface area (TPSA) is 78.9 Å². The van der Waals surface area contributed by atoms with E-state index in [1.54, 1.807) is 0 Å². The number of ether oxygens (including phenoxy) is 1. The number of hydrogen-bond acceptors (Lipinski definition) is 4. The van der Waals surface area contributed by atoms with Gasteiger partial charge in [0.2, 0.25) is 5.91 Å². The van der Waals surface area contributed by atoms with Crippen molar-refractivity contribution in [2.75, 3.05) is 32.8 Å². The number of amides is 1. The number of rotatable bonds is 8. The lowest BCUT2D eigenvalue weighted by atomic mass is 10.0. The second-order valence-corrected chi connectivity index (χ2v) is 5.25. The lowest BCUT2D eigenvalue weighted by molar-refractivity contribution is -0.143. The zero-order chi connectivity index (χ0) is 14.3. The molecular formula is C13H24N2O4. The number of carboxylic acids is 1. The van der Waals surface area contributed by atoms with Crippen LogP contribution in [0.25, 0.3) is 0 Å². The van der Waals surface area contributed by atoms with Crippen molar-refractivity contribution in [3.8, 4) is 0 Å². The van der Waals surface area contributed by atoms with Crippen LogP contribution in [0.5, 0.6) is 0 Å². The molecule has 1 fully saturated rings. The van der Waals surface area contributed by atoms with E-state index in [1.165, 1.54) is 12.8 Å².